The zero-order valence-electron chi connectivity index (χ0n) is 12.6. The minimum atomic E-state index is 0.689. The Morgan fingerprint density at radius 1 is 1.18 bits per heavy atom. The Labute approximate surface area is 130 Å². The van der Waals surface area contributed by atoms with Gasteiger partial charge in [-0.15, -0.1) is 0 Å². The van der Waals surface area contributed by atoms with Gasteiger partial charge in [0.05, 0.1) is 6.61 Å². The third-order valence-corrected chi connectivity index (χ3v) is 4.37. The minimum Gasteiger partial charge on any atom is -0.376 e. The summed E-state index contributed by atoms with van der Waals surface area (Å²) in [5.41, 5.74) is 3.91. The molecule has 1 saturated carbocycles. The van der Waals surface area contributed by atoms with Gasteiger partial charge in [-0.05, 0) is 47.9 Å². The Morgan fingerprint density at radius 2 is 2.05 bits per heavy atom. The quantitative estimate of drug-likeness (QED) is 0.848. The molecule has 0 N–H and O–H groups in total. The molecule has 0 saturated heterocycles. The van der Waals surface area contributed by atoms with E-state index in [4.69, 9.17) is 4.74 Å². The first kappa shape index (κ1) is 13.6. The van der Waals surface area contributed by atoms with E-state index < -0.39 is 0 Å². The third kappa shape index (κ3) is 2.95. The largest absolute Gasteiger partial charge is 0.376 e. The molecule has 0 bridgehead atoms. The molecule has 2 aromatic rings. The Hall–Kier alpha value is -2.01. The van der Waals surface area contributed by atoms with E-state index in [1.165, 1.54) is 29.5 Å². The molecule has 2 aliphatic rings. The van der Waals surface area contributed by atoms with Crippen LogP contribution < -0.4 is 4.90 Å². The van der Waals surface area contributed by atoms with Crippen LogP contribution in [0.15, 0.2) is 30.9 Å². The average molecular weight is 296 g/mol. The summed E-state index contributed by atoms with van der Waals surface area (Å²) in [6.07, 6.45) is 11.2. The van der Waals surface area contributed by atoms with E-state index in [-0.39, 0.29) is 0 Å². The van der Waals surface area contributed by atoms with Crippen molar-refractivity contribution in [1.29, 1.82) is 0 Å². The standard InChI is InChI=1S/C17H20N4O/c1-5-19-17(20-6-1)21-7-4-16-14(10-21)8-18-9-15(16)12-22-11-13-2-3-13/h1,5-6,8-9,13H,2-4,7,10-12H2. The van der Waals surface area contributed by atoms with Crippen LogP contribution in [0.2, 0.25) is 0 Å². The van der Waals surface area contributed by atoms with Crippen LogP contribution in [-0.4, -0.2) is 28.1 Å². The molecule has 0 radical (unpaired) electrons. The second-order valence-electron chi connectivity index (χ2n) is 6.12. The van der Waals surface area contributed by atoms with Crippen molar-refractivity contribution in [1.82, 2.24) is 15.0 Å². The molecule has 1 aliphatic carbocycles. The molecule has 22 heavy (non-hydrogen) atoms. The van der Waals surface area contributed by atoms with Crippen molar-refractivity contribution in [3.63, 3.8) is 0 Å². The first-order valence-corrected chi connectivity index (χ1v) is 7.94. The fourth-order valence-corrected chi connectivity index (χ4v) is 2.94. The van der Waals surface area contributed by atoms with Gasteiger partial charge in [0.25, 0.3) is 0 Å². The number of fused-ring (bicyclic) bond motifs is 1. The van der Waals surface area contributed by atoms with E-state index in [1.807, 2.05) is 18.5 Å². The predicted octanol–water partition coefficient (Wildman–Crippen LogP) is 2.36. The van der Waals surface area contributed by atoms with E-state index in [2.05, 4.69) is 19.9 Å². The number of hydrogen-bond acceptors (Lipinski definition) is 5. The molecule has 5 nitrogen and oxygen atoms in total. The number of aromatic nitrogens is 3. The first-order chi connectivity index (χ1) is 10.9. The Balaban J connectivity index is 1.47. The van der Waals surface area contributed by atoms with Gasteiger partial charge in [-0.2, -0.15) is 0 Å². The summed E-state index contributed by atoms with van der Waals surface area (Å²) in [4.78, 5) is 15.3. The summed E-state index contributed by atoms with van der Waals surface area (Å²) in [6, 6.07) is 1.85. The lowest BCUT2D eigenvalue weighted by atomic mass is 9.97. The number of nitrogens with zero attached hydrogens (tertiary/aromatic N) is 4. The number of anilines is 1. The second kappa shape index (κ2) is 6.01. The number of ether oxygens (including phenoxy) is 1. The highest BCUT2D eigenvalue weighted by Crippen LogP contribution is 2.29. The predicted molar refractivity (Wildman–Crippen MR) is 83.4 cm³/mol. The highest BCUT2D eigenvalue weighted by molar-refractivity contribution is 5.41. The van der Waals surface area contributed by atoms with Gasteiger partial charge in [0, 0.05) is 44.5 Å². The molecule has 4 rings (SSSR count). The van der Waals surface area contributed by atoms with Crippen molar-refractivity contribution < 1.29 is 4.74 Å². The summed E-state index contributed by atoms with van der Waals surface area (Å²) >= 11 is 0. The molecular weight excluding hydrogens is 276 g/mol. The van der Waals surface area contributed by atoms with Crippen molar-refractivity contribution in [2.45, 2.75) is 32.4 Å². The maximum absolute atomic E-state index is 5.84. The van der Waals surface area contributed by atoms with Crippen LogP contribution in [0.4, 0.5) is 5.95 Å². The fourth-order valence-electron chi connectivity index (χ4n) is 2.94. The Kier molecular flexibility index (Phi) is 3.72. The minimum absolute atomic E-state index is 0.689. The first-order valence-electron chi connectivity index (χ1n) is 7.94. The van der Waals surface area contributed by atoms with E-state index in [0.717, 1.165) is 38.0 Å². The van der Waals surface area contributed by atoms with E-state index in [0.29, 0.717) is 6.61 Å². The van der Waals surface area contributed by atoms with Gasteiger partial charge in [-0.25, -0.2) is 9.97 Å². The summed E-state index contributed by atoms with van der Waals surface area (Å²) in [5, 5.41) is 0. The monoisotopic (exact) mass is 296 g/mol. The van der Waals surface area contributed by atoms with Crippen molar-refractivity contribution >= 4 is 5.95 Å². The van der Waals surface area contributed by atoms with Crippen molar-refractivity contribution in [2.75, 3.05) is 18.1 Å². The van der Waals surface area contributed by atoms with Gasteiger partial charge < -0.3 is 9.64 Å². The second-order valence-corrected chi connectivity index (χ2v) is 6.12. The summed E-state index contributed by atoms with van der Waals surface area (Å²) in [6.45, 7) is 3.35. The van der Waals surface area contributed by atoms with E-state index in [1.54, 1.807) is 12.4 Å². The lowest BCUT2D eigenvalue weighted by molar-refractivity contribution is 0.110. The van der Waals surface area contributed by atoms with Crippen LogP contribution in [0.25, 0.3) is 0 Å². The molecule has 0 amide bonds. The normalized spacial score (nSPS) is 17.4. The van der Waals surface area contributed by atoms with Gasteiger partial charge in [0.15, 0.2) is 0 Å². The van der Waals surface area contributed by atoms with Gasteiger partial charge in [0.1, 0.15) is 0 Å². The van der Waals surface area contributed by atoms with Crippen LogP contribution in [0, 0.1) is 5.92 Å². The van der Waals surface area contributed by atoms with Gasteiger partial charge in [-0.3, -0.25) is 4.98 Å². The van der Waals surface area contributed by atoms with E-state index >= 15 is 0 Å². The SMILES string of the molecule is c1cnc(N2CCc3c(COCC4CC4)cncc3C2)nc1. The number of rotatable bonds is 5. The summed E-state index contributed by atoms with van der Waals surface area (Å²) < 4.78 is 5.84. The van der Waals surface area contributed by atoms with Crippen molar-refractivity contribution in [2.24, 2.45) is 5.92 Å². The molecule has 114 valence electrons. The highest BCUT2D eigenvalue weighted by Gasteiger charge is 2.23. The average Bonchev–Trinajstić information content (AvgIpc) is 3.40. The molecule has 1 fully saturated rings. The molecule has 1 aliphatic heterocycles. The van der Waals surface area contributed by atoms with Gasteiger partial charge in [-0.1, -0.05) is 0 Å². The van der Waals surface area contributed by atoms with Crippen LogP contribution in [0.5, 0.6) is 0 Å². The summed E-state index contributed by atoms with van der Waals surface area (Å²) in [7, 11) is 0. The van der Waals surface area contributed by atoms with Crippen LogP contribution in [-0.2, 0) is 24.3 Å². The zero-order chi connectivity index (χ0) is 14.8. The molecule has 0 spiro atoms. The number of hydrogen-bond donors (Lipinski definition) is 0. The van der Waals surface area contributed by atoms with Gasteiger partial charge in [0.2, 0.25) is 5.95 Å². The van der Waals surface area contributed by atoms with Crippen LogP contribution in [0.1, 0.15) is 29.5 Å². The molecule has 0 atom stereocenters. The Morgan fingerprint density at radius 3 is 2.86 bits per heavy atom. The molecule has 0 unspecified atom stereocenters. The maximum Gasteiger partial charge on any atom is 0.225 e. The van der Waals surface area contributed by atoms with Crippen molar-refractivity contribution in [3.05, 3.63) is 47.5 Å². The van der Waals surface area contributed by atoms with Crippen LogP contribution >= 0.6 is 0 Å². The lowest BCUT2D eigenvalue weighted by Crippen LogP contribution is -2.32. The highest BCUT2D eigenvalue weighted by atomic mass is 16.5. The lowest BCUT2D eigenvalue weighted by Gasteiger charge is -2.29. The van der Waals surface area contributed by atoms with Gasteiger partial charge >= 0.3 is 0 Å². The fraction of sp³-hybridized carbons (Fsp3) is 0.471. The summed E-state index contributed by atoms with van der Waals surface area (Å²) in [5.74, 6) is 1.60. The van der Waals surface area contributed by atoms with Crippen molar-refractivity contribution in [3.8, 4) is 0 Å². The molecule has 0 aromatic carbocycles. The zero-order valence-corrected chi connectivity index (χ0v) is 12.6. The molecular formula is C17H20N4O. The number of pyridine rings is 1. The molecule has 3 heterocycles. The van der Waals surface area contributed by atoms with E-state index in [9.17, 15) is 0 Å². The maximum atomic E-state index is 5.84. The smallest absolute Gasteiger partial charge is 0.225 e. The Bertz CT molecular complexity index is 642. The molecule has 2 aromatic heterocycles. The third-order valence-electron chi connectivity index (χ3n) is 4.37. The van der Waals surface area contributed by atoms with Crippen LogP contribution in [0.3, 0.4) is 0 Å². The topological polar surface area (TPSA) is 51.1 Å². The molecule has 5 heteroatoms.